The first-order valence-corrected chi connectivity index (χ1v) is 14.2. The monoisotopic (exact) mass is 423 g/mol. The molecule has 154 valence electrons. The summed E-state index contributed by atoms with van der Waals surface area (Å²) in [5.41, 5.74) is 7.43. The van der Waals surface area contributed by atoms with E-state index in [2.05, 4.69) is 99.1 Å². The van der Waals surface area contributed by atoms with Gasteiger partial charge in [-0.25, -0.2) is 4.57 Å². The van der Waals surface area contributed by atoms with E-state index >= 15 is 0 Å². The van der Waals surface area contributed by atoms with Gasteiger partial charge in [0.15, 0.2) is 6.20 Å². The Bertz CT molecular complexity index is 1430. The van der Waals surface area contributed by atoms with Gasteiger partial charge in [-0.15, -0.1) is 0 Å². The summed E-state index contributed by atoms with van der Waals surface area (Å²) in [6.45, 7) is 9.19. The van der Waals surface area contributed by atoms with Crippen molar-refractivity contribution in [1.29, 1.82) is 0 Å². The summed E-state index contributed by atoms with van der Waals surface area (Å²) in [5, 5.41) is 3.68. The van der Waals surface area contributed by atoms with Gasteiger partial charge >= 0.3 is 0 Å². The molecule has 0 saturated heterocycles. The highest BCUT2D eigenvalue weighted by Gasteiger charge is 2.22. The predicted octanol–water partition coefficient (Wildman–Crippen LogP) is 5.99. The van der Waals surface area contributed by atoms with Gasteiger partial charge in [0.2, 0.25) is 5.69 Å². The maximum Gasteiger partial charge on any atom is 0.217 e. The largest absolute Gasteiger partial charge is 0.455 e. The number of aromatic nitrogens is 2. The van der Waals surface area contributed by atoms with Gasteiger partial charge in [0.1, 0.15) is 18.2 Å². The number of benzene rings is 2. The van der Waals surface area contributed by atoms with Crippen molar-refractivity contribution < 1.29 is 8.98 Å². The fourth-order valence-corrected chi connectivity index (χ4v) is 5.23. The summed E-state index contributed by atoms with van der Waals surface area (Å²) < 4.78 is 8.51. The third-order valence-corrected chi connectivity index (χ3v) is 8.11. The van der Waals surface area contributed by atoms with Gasteiger partial charge in [-0.3, -0.25) is 4.98 Å². The average Bonchev–Trinajstić information content (AvgIpc) is 3.12. The van der Waals surface area contributed by atoms with Gasteiger partial charge in [-0.2, -0.15) is 0 Å². The molecule has 0 radical (unpaired) electrons. The normalized spacial score (nSPS) is 12.0. The van der Waals surface area contributed by atoms with E-state index < -0.39 is 8.07 Å². The number of hydrogen-bond donors (Lipinski definition) is 0. The molecule has 0 N–H and O–H groups in total. The maximum atomic E-state index is 6.35. The molecule has 0 unspecified atom stereocenters. The first-order valence-electron chi connectivity index (χ1n) is 10.7. The third-order valence-electron chi connectivity index (χ3n) is 6.09. The van der Waals surface area contributed by atoms with E-state index in [9.17, 15) is 0 Å². The van der Waals surface area contributed by atoms with E-state index in [1.807, 2.05) is 12.1 Å². The summed E-state index contributed by atoms with van der Waals surface area (Å²) in [6.07, 6.45) is 4.17. The molecular formula is C27H27N2OSi+. The van der Waals surface area contributed by atoms with Crippen LogP contribution < -0.4 is 9.75 Å². The molecule has 0 aliphatic rings. The highest BCUT2D eigenvalue weighted by Crippen LogP contribution is 2.37. The number of fused-ring (bicyclic) bond motifs is 3. The molecule has 0 atom stereocenters. The molecule has 0 saturated carbocycles. The highest BCUT2D eigenvalue weighted by atomic mass is 28.3. The van der Waals surface area contributed by atoms with Gasteiger partial charge in [-0.05, 0) is 29.8 Å². The number of para-hydroxylation sites is 1. The van der Waals surface area contributed by atoms with Crippen molar-refractivity contribution in [2.75, 3.05) is 0 Å². The second kappa shape index (κ2) is 7.17. The fraction of sp³-hybridized carbons (Fsp3) is 0.185. The topological polar surface area (TPSA) is 29.9 Å². The van der Waals surface area contributed by atoms with Crippen molar-refractivity contribution in [3.05, 3.63) is 78.6 Å². The highest BCUT2D eigenvalue weighted by molar-refractivity contribution is 6.88. The SMILES string of the molecule is Cc1ccc2c(oc3ccccc32)c1-c1cc(-c2ccc([Si](C)(C)C)cn2)cc[n+]1C. The van der Waals surface area contributed by atoms with Gasteiger partial charge in [0.25, 0.3) is 0 Å². The van der Waals surface area contributed by atoms with E-state index in [0.29, 0.717) is 0 Å². The summed E-state index contributed by atoms with van der Waals surface area (Å²) in [6, 6.07) is 21.4. The van der Waals surface area contributed by atoms with Crippen molar-refractivity contribution in [2.45, 2.75) is 26.6 Å². The molecular weight excluding hydrogens is 396 g/mol. The van der Waals surface area contributed by atoms with Gasteiger partial charge in [0, 0.05) is 34.7 Å². The molecule has 5 aromatic rings. The first-order chi connectivity index (χ1) is 14.8. The summed E-state index contributed by atoms with van der Waals surface area (Å²) in [4.78, 5) is 4.80. The Labute approximate surface area is 184 Å². The van der Waals surface area contributed by atoms with Crippen molar-refractivity contribution in [1.82, 2.24) is 4.98 Å². The Balaban J connectivity index is 1.70. The van der Waals surface area contributed by atoms with E-state index in [0.717, 1.165) is 44.5 Å². The molecule has 4 heteroatoms. The molecule has 3 heterocycles. The van der Waals surface area contributed by atoms with E-state index in [1.165, 1.54) is 10.8 Å². The second-order valence-electron chi connectivity index (χ2n) is 9.33. The molecule has 0 fully saturated rings. The minimum absolute atomic E-state index is 0.923. The molecule has 3 nitrogen and oxygen atoms in total. The number of aryl methyl sites for hydroxylation is 2. The zero-order chi connectivity index (χ0) is 21.8. The number of hydrogen-bond acceptors (Lipinski definition) is 2. The van der Waals surface area contributed by atoms with Crippen LogP contribution in [-0.2, 0) is 7.05 Å². The molecule has 0 spiro atoms. The summed E-state index contributed by atoms with van der Waals surface area (Å²) >= 11 is 0. The van der Waals surface area contributed by atoms with E-state index in [4.69, 9.17) is 9.40 Å². The molecule has 0 amide bonds. The Morgan fingerprint density at radius 2 is 1.71 bits per heavy atom. The van der Waals surface area contributed by atoms with Crippen LogP contribution >= 0.6 is 0 Å². The van der Waals surface area contributed by atoms with E-state index in [1.54, 1.807) is 0 Å². The summed E-state index contributed by atoms with van der Waals surface area (Å²) in [7, 11) is 0.722. The van der Waals surface area contributed by atoms with Crippen LogP contribution in [0.2, 0.25) is 19.6 Å². The average molecular weight is 424 g/mol. The molecule has 5 rings (SSSR count). The van der Waals surface area contributed by atoms with Crippen molar-refractivity contribution in [2.24, 2.45) is 7.05 Å². The first kappa shape index (κ1) is 19.7. The molecule has 0 bridgehead atoms. The Morgan fingerprint density at radius 3 is 2.45 bits per heavy atom. The zero-order valence-corrected chi connectivity index (χ0v) is 19.7. The van der Waals surface area contributed by atoms with Gasteiger partial charge in [0.05, 0.1) is 19.3 Å². The molecule has 0 aliphatic carbocycles. The van der Waals surface area contributed by atoms with Crippen molar-refractivity contribution in [3.63, 3.8) is 0 Å². The number of rotatable bonds is 3. The van der Waals surface area contributed by atoms with E-state index in [-0.39, 0.29) is 0 Å². The lowest BCUT2D eigenvalue weighted by Gasteiger charge is -2.16. The quantitative estimate of drug-likeness (QED) is 0.263. The lowest BCUT2D eigenvalue weighted by atomic mass is 9.99. The van der Waals surface area contributed by atoms with Crippen LogP contribution in [0.5, 0.6) is 0 Å². The molecule has 31 heavy (non-hydrogen) atoms. The van der Waals surface area contributed by atoms with Crippen LogP contribution in [0.1, 0.15) is 5.56 Å². The summed E-state index contributed by atoms with van der Waals surface area (Å²) in [5.74, 6) is 0. The number of pyridine rings is 2. The van der Waals surface area contributed by atoms with Crippen LogP contribution in [0.15, 0.2) is 77.5 Å². The van der Waals surface area contributed by atoms with Gasteiger partial charge in [-0.1, -0.05) is 56.0 Å². The Kier molecular flexibility index (Phi) is 4.56. The second-order valence-corrected chi connectivity index (χ2v) is 14.4. The van der Waals surface area contributed by atoms with Crippen molar-refractivity contribution >= 4 is 35.2 Å². The van der Waals surface area contributed by atoms with Crippen molar-refractivity contribution in [3.8, 4) is 22.5 Å². The standard InChI is InChI=1S/C27H27N2OSi/c1-18-10-12-22-21-8-6-7-9-25(21)30-27(22)26(18)24-16-19(14-15-29(24)2)23-13-11-20(17-28-23)31(3,4)5/h6-17H,1-5H3/q+1. The zero-order valence-electron chi connectivity index (χ0n) is 18.7. The lowest BCUT2D eigenvalue weighted by Crippen LogP contribution is -2.37. The molecule has 3 aromatic heterocycles. The number of nitrogens with zero attached hydrogens (tertiary/aromatic N) is 2. The molecule has 2 aromatic carbocycles. The molecule has 0 aliphatic heterocycles. The van der Waals surface area contributed by atoms with Crippen LogP contribution in [-0.4, -0.2) is 13.1 Å². The Hall–Kier alpha value is -3.24. The third kappa shape index (κ3) is 3.37. The lowest BCUT2D eigenvalue weighted by molar-refractivity contribution is -0.660. The van der Waals surface area contributed by atoms with Gasteiger partial charge < -0.3 is 4.42 Å². The fourth-order valence-electron chi connectivity index (χ4n) is 4.19. The van der Waals surface area contributed by atoms with Crippen LogP contribution in [0.4, 0.5) is 0 Å². The Morgan fingerprint density at radius 1 is 0.903 bits per heavy atom. The van der Waals surface area contributed by atoms with Crippen LogP contribution in [0.25, 0.3) is 44.5 Å². The predicted molar refractivity (Wildman–Crippen MR) is 131 cm³/mol. The number of furan rings is 1. The minimum Gasteiger partial charge on any atom is -0.455 e. The van der Waals surface area contributed by atoms with Crippen LogP contribution in [0, 0.1) is 6.92 Å². The minimum atomic E-state index is -1.36. The van der Waals surface area contributed by atoms with Crippen LogP contribution in [0.3, 0.4) is 0 Å². The maximum absolute atomic E-state index is 6.35. The smallest absolute Gasteiger partial charge is 0.217 e.